The smallest absolute Gasteiger partial charge is 0.233 e. The summed E-state index contributed by atoms with van der Waals surface area (Å²) in [5.74, 6) is -0.640. The maximum Gasteiger partial charge on any atom is 0.233 e. The molecular weight excluding hydrogens is 296 g/mol. The van der Waals surface area contributed by atoms with Crippen molar-refractivity contribution in [2.75, 3.05) is 0 Å². The predicted octanol–water partition coefficient (Wildman–Crippen LogP) is 3.21. The summed E-state index contributed by atoms with van der Waals surface area (Å²) in [6.07, 6.45) is 4.36. The third kappa shape index (κ3) is 3.46. The molecule has 1 saturated heterocycles. The maximum atomic E-state index is 12.8. The first-order chi connectivity index (χ1) is 10.5. The quantitative estimate of drug-likeness (QED) is 0.618. The van der Waals surface area contributed by atoms with Gasteiger partial charge in [0.05, 0.1) is 12.5 Å². The van der Waals surface area contributed by atoms with Crippen LogP contribution in [0.2, 0.25) is 0 Å². The van der Waals surface area contributed by atoms with Gasteiger partial charge in [-0.05, 0) is 45.2 Å². The van der Waals surface area contributed by atoms with Crippen LogP contribution in [0.1, 0.15) is 40.0 Å². The topological polar surface area (TPSA) is 42.3 Å². The molecule has 120 valence electrons. The van der Waals surface area contributed by atoms with Crippen molar-refractivity contribution < 1.29 is 9.59 Å². The van der Waals surface area contributed by atoms with E-state index in [2.05, 4.69) is 13.8 Å². The van der Waals surface area contributed by atoms with Crippen molar-refractivity contribution in [3.8, 4) is 0 Å². The van der Waals surface area contributed by atoms with Crippen molar-refractivity contribution in [3.63, 3.8) is 0 Å². The van der Waals surface area contributed by atoms with Crippen molar-refractivity contribution >= 4 is 23.9 Å². The third-order valence-electron chi connectivity index (χ3n) is 4.53. The van der Waals surface area contributed by atoms with Crippen LogP contribution in [0.4, 0.5) is 0 Å². The summed E-state index contributed by atoms with van der Waals surface area (Å²) in [7, 11) is 0. The van der Waals surface area contributed by atoms with Crippen LogP contribution in [0.5, 0.6) is 0 Å². The Balaban J connectivity index is 2.14. The standard InChI is InChI=1S/C17H24N2O2S/c1-4-14(17(21)19-12(2)8-9-13(19)3)15(20)11-18-10-6-5-7-16(18)22/h5-7,10,12-14H,4,8-9,11H2,1-3H3/t12-,13-,14?/m1/s1. The molecule has 2 heterocycles. The minimum absolute atomic E-state index is 0.0209. The highest BCUT2D eigenvalue weighted by Crippen LogP contribution is 2.26. The number of pyridine rings is 1. The lowest BCUT2D eigenvalue weighted by atomic mass is 9.98. The molecule has 5 heteroatoms. The van der Waals surface area contributed by atoms with E-state index in [9.17, 15) is 9.59 Å². The molecule has 22 heavy (non-hydrogen) atoms. The summed E-state index contributed by atoms with van der Waals surface area (Å²) in [4.78, 5) is 27.3. The van der Waals surface area contributed by atoms with Gasteiger partial charge in [-0.25, -0.2) is 0 Å². The molecular formula is C17H24N2O2S. The van der Waals surface area contributed by atoms with Crippen LogP contribution in [0.3, 0.4) is 0 Å². The Kier molecular flexibility index (Phi) is 5.51. The molecule has 1 fully saturated rings. The average molecular weight is 320 g/mol. The average Bonchev–Trinajstić information content (AvgIpc) is 2.81. The Hall–Kier alpha value is -1.49. The predicted molar refractivity (Wildman–Crippen MR) is 89.1 cm³/mol. The molecule has 1 aromatic heterocycles. The van der Waals surface area contributed by atoms with Crippen molar-refractivity contribution in [1.29, 1.82) is 0 Å². The third-order valence-corrected chi connectivity index (χ3v) is 4.90. The number of likely N-dealkylation sites (tertiary alicyclic amines) is 1. The number of amides is 1. The fourth-order valence-electron chi connectivity index (χ4n) is 3.22. The first-order valence-electron chi connectivity index (χ1n) is 7.96. The van der Waals surface area contributed by atoms with E-state index in [1.807, 2.05) is 24.0 Å². The number of ketones is 1. The normalized spacial score (nSPS) is 22.6. The summed E-state index contributed by atoms with van der Waals surface area (Å²) in [5, 5.41) is 0. The Morgan fingerprint density at radius 1 is 1.27 bits per heavy atom. The number of rotatable bonds is 5. The van der Waals surface area contributed by atoms with Crippen LogP contribution in [0.25, 0.3) is 0 Å². The number of aromatic nitrogens is 1. The molecule has 1 aliphatic heterocycles. The number of carbonyl (C=O) groups is 2. The van der Waals surface area contributed by atoms with Gasteiger partial charge in [0.15, 0.2) is 5.78 Å². The molecule has 0 N–H and O–H groups in total. The van der Waals surface area contributed by atoms with Gasteiger partial charge in [0.2, 0.25) is 5.91 Å². The summed E-state index contributed by atoms with van der Waals surface area (Å²) < 4.78 is 2.34. The Morgan fingerprint density at radius 3 is 2.45 bits per heavy atom. The monoisotopic (exact) mass is 320 g/mol. The van der Waals surface area contributed by atoms with Gasteiger partial charge in [0.25, 0.3) is 0 Å². The SMILES string of the molecule is CCC(C(=O)Cn1ccccc1=S)C(=O)N1[C@H](C)CC[C@H]1C. The van der Waals surface area contributed by atoms with E-state index in [1.165, 1.54) is 0 Å². The Bertz CT molecular complexity index is 601. The number of Topliss-reactive ketones (excluding diaryl/α,β-unsaturated/α-hetero) is 1. The van der Waals surface area contributed by atoms with Gasteiger partial charge >= 0.3 is 0 Å². The van der Waals surface area contributed by atoms with Gasteiger partial charge in [0, 0.05) is 18.3 Å². The maximum absolute atomic E-state index is 12.8. The van der Waals surface area contributed by atoms with Crippen LogP contribution >= 0.6 is 12.2 Å². The van der Waals surface area contributed by atoms with Crippen molar-refractivity contribution in [2.45, 2.75) is 58.7 Å². The van der Waals surface area contributed by atoms with Crippen LogP contribution in [-0.4, -0.2) is 33.2 Å². The van der Waals surface area contributed by atoms with Crippen molar-refractivity contribution in [1.82, 2.24) is 9.47 Å². The van der Waals surface area contributed by atoms with Gasteiger partial charge in [0.1, 0.15) is 4.64 Å². The van der Waals surface area contributed by atoms with Crippen LogP contribution in [0.15, 0.2) is 24.4 Å². The van der Waals surface area contributed by atoms with Crippen LogP contribution < -0.4 is 0 Å². The largest absolute Gasteiger partial charge is 0.337 e. The molecule has 3 atom stereocenters. The second-order valence-electron chi connectivity index (χ2n) is 6.11. The molecule has 1 unspecified atom stereocenters. The van der Waals surface area contributed by atoms with Crippen molar-refractivity contribution in [3.05, 3.63) is 29.0 Å². The zero-order valence-corrected chi connectivity index (χ0v) is 14.3. The minimum Gasteiger partial charge on any atom is -0.337 e. The second-order valence-corrected chi connectivity index (χ2v) is 6.53. The molecule has 0 bridgehead atoms. The zero-order chi connectivity index (χ0) is 16.3. The van der Waals surface area contributed by atoms with Gasteiger partial charge in [-0.15, -0.1) is 0 Å². The lowest BCUT2D eigenvalue weighted by Crippen LogP contribution is -2.45. The van der Waals surface area contributed by atoms with E-state index in [0.29, 0.717) is 11.1 Å². The Morgan fingerprint density at radius 2 is 1.91 bits per heavy atom. The molecule has 2 rings (SSSR count). The van der Waals surface area contributed by atoms with E-state index in [1.54, 1.807) is 16.8 Å². The number of carbonyl (C=O) groups excluding carboxylic acids is 2. The molecule has 4 nitrogen and oxygen atoms in total. The second kappa shape index (κ2) is 7.18. The van der Waals surface area contributed by atoms with Gasteiger partial charge in [-0.1, -0.05) is 25.2 Å². The molecule has 1 aliphatic rings. The fraction of sp³-hybridized carbons (Fsp3) is 0.588. The molecule has 0 aliphatic carbocycles. The molecule has 1 amide bonds. The van der Waals surface area contributed by atoms with E-state index in [-0.39, 0.29) is 30.3 Å². The molecule has 0 spiro atoms. The van der Waals surface area contributed by atoms with Gasteiger partial charge < -0.3 is 9.47 Å². The van der Waals surface area contributed by atoms with Crippen LogP contribution in [-0.2, 0) is 16.1 Å². The highest BCUT2D eigenvalue weighted by molar-refractivity contribution is 7.71. The number of hydrogen-bond acceptors (Lipinski definition) is 3. The summed E-state index contributed by atoms with van der Waals surface area (Å²) in [6.45, 7) is 6.19. The molecule has 1 aromatic rings. The summed E-state index contributed by atoms with van der Waals surface area (Å²) in [5.41, 5.74) is 0. The lowest BCUT2D eigenvalue weighted by Gasteiger charge is -2.29. The van der Waals surface area contributed by atoms with E-state index < -0.39 is 5.92 Å². The number of nitrogens with zero attached hydrogens (tertiary/aromatic N) is 2. The Labute approximate surface area is 137 Å². The highest BCUT2D eigenvalue weighted by Gasteiger charge is 2.37. The van der Waals surface area contributed by atoms with E-state index in [4.69, 9.17) is 12.2 Å². The summed E-state index contributed by atoms with van der Waals surface area (Å²) in [6, 6.07) is 5.93. The lowest BCUT2D eigenvalue weighted by molar-refractivity contribution is -0.143. The van der Waals surface area contributed by atoms with Gasteiger partial charge in [-0.3, -0.25) is 9.59 Å². The molecule has 0 aromatic carbocycles. The molecule has 0 saturated carbocycles. The number of hydrogen-bond donors (Lipinski definition) is 0. The highest BCUT2D eigenvalue weighted by atomic mass is 32.1. The molecule has 0 radical (unpaired) electrons. The van der Waals surface area contributed by atoms with E-state index >= 15 is 0 Å². The van der Waals surface area contributed by atoms with Crippen LogP contribution in [0, 0.1) is 10.6 Å². The fourth-order valence-corrected chi connectivity index (χ4v) is 3.42. The first kappa shape index (κ1) is 16.9. The minimum atomic E-state index is -0.565. The zero-order valence-electron chi connectivity index (χ0n) is 13.5. The van der Waals surface area contributed by atoms with Gasteiger partial charge in [-0.2, -0.15) is 0 Å². The first-order valence-corrected chi connectivity index (χ1v) is 8.36. The van der Waals surface area contributed by atoms with E-state index in [0.717, 1.165) is 12.8 Å². The summed E-state index contributed by atoms with van der Waals surface area (Å²) >= 11 is 5.22. The van der Waals surface area contributed by atoms with Crippen molar-refractivity contribution in [2.24, 2.45) is 5.92 Å².